The summed E-state index contributed by atoms with van der Waals surface area (Å²) in [6, 6.07) is 0. The fraction of sp³-hybridized carbons (Fsp3) is 0.900. The molecular weight excluding hydrogens is 188 g/mol. The van der Waals surface area contributed by atoms with Gasteiger partial charge in [0.05, 0.1) is 6.61 Å². The largest absolute Gasteiger partial charge is 0.465 e. The normalized spacial score (nSPS) is 11.4. The lowest BCUT2D eigenvalue weighted by atomic mass is 9.99. The van der Waals surface area contributed by atoms with E-state index in [1.165, 1.54) is 0 Å². The Morgan fingerprint density at radius 2 is 1.92 bits per heavy atom. The number of carbonyl (C=O) groups excluding carboxylic acids is 1. The minimum Gasteiger partial charge on any atom is -0.465 e. The predicted molar refractivity (Wildman–Crippen MR) is 55.0 cm³/mol. The van der Waals surface area contributed by atoms with Gasteiger partial charge in [-0.25, -0.2) is 0 Å². The molecule has 78 valence electrons. The molecule has 0 spiro atoms. The highest BCUT2D eigenvalue weighted by atomic mass is 35.5. The average Bonchev–Trinajstić information content (AvgIpc) is 2.00. The fourth-order valence-corrected chi connectivity index (χ4v) is 0.922. The maximum Gasteiger partial charge on any atom is 0.305 e. The Balaban J connectivity index is 3.41. The first kappa shape index (κ1) is 12.8. The molecule has 0 aromatic rings. The highest BCUT2D eigenvalue weighted by molar-refractivity contribution is 6.17. The van der Waals surface area contributed by atoms with Crippen molar-refractivity contribution in [2.45, 2.75) is 40.0 Å². The summed E-state index contributed by atoms with van der Waals surface area (Å²) in [6.07, 6.45) is 2.20. The van der Waals surface area contributed by atoms with E-state index in [4.69, 9.17) is 16.3 Å². The van der Waals surface area contributed by atoms with Crippen LogP contribution in [0.3, 0.4) is 0 Å². The topological polar surface area (TPSA) is 26.3 Å². The Bertz CT molecular complexity index is 149. The van der Waals surface area contributed by atoms with Gasteiger partial charge in [0.25, 0.3) is 0 Å². The van der Waals surface area contributed by atoms with Crippen LogP contribution in [-0.4, -0.2) is 18.5 Å². The minimum absolute atomic E-state index is 0.0577. The van der Waals surface area contributed by atoms with Crippen molar-refractivity contribution in [1.82, 2.24) is 0 Å². The maximum atomic E-state index is 11.1. The zero-order chi connectivity index (χ0) is 10.3. The van der Waals surface area contributed by atoms with Crippen molar-refractivity contribution in [3.8, 4) is 0 Å². The van der Waals surface area contributed by atoms with E-state index >= 15 is 0 Å². The van der Waals surface area contributed by atoms with Crippen LogP contribution in [0.2, 0.25) is 0 Å². The number of carbonyl (C=O) groups is 1. The first-order chi connectivity index (χ1) is 5.95. The fourth-order valence-electron chi connectivity index (χ4n) is 0.733. The first-order valence-corrected chi connectivity index (χ1v) is 5.21. The number of hydrogen-bond donors (Lipinski definition) is 0. The summed E-state index contributed by atoms with van der Waals surface area (Å²) >= 11 is 5.48. The van der Waals surface area contributed by atoms with Crippen molar-refractivity contribution in [3.63, 3.8) is 0 Å². The SMILES string of the molecule is CC(C)(C)COC(=O)CCCCCl. The summed E-state index contributed by atoms with van der Waals surface area (Å²) in [5, 5.41) is 0. The number of esters is 1. The van der Waals surface area contributed by atoms with Crippen molar-refractivity contribution < 1.29 is 9.53 Å². The summed E-state index contributed by atoms with van der Waals surface area (Å²) in [4.78, 5) is 11.1. The van der Waals surface area contributed by atoms with Gasteiger partial charge in [-0.1, -0.05) is 20.8 Å². The second-order valence-corrected chi connectivity index (χ2v) is 4.75. The number of alkyl halides is 1. The lowest BCUT2D eigenvalue weighted by molar-refractivity contribution is -0.146. The molecule has 13 heavy (non-hydrogen) atoms. The molecular formula is C10H19ClO2. The van der Waals surface area contributed by atoms with Gasteiger partial charge in [0.1, 0.15) is 0 Å². The number of hydrogen-bond acceptors (Lipinski definition) is 2. The van der Waals surface area contributed by atoms with E-state index in [2.05, 4.69) is 0 Å². The molecule has 0 aliphatic rings. The first-order valence-electron chi connectivity index (χ1n) is 4.67. The Labute approximate surface area is 85.6 Å². The van der Waals surface area contributed by atoms with Gasteiger partial charge in [-0.3, -0.25) is 4.79 Å². The molecule has 0 amide bonds. The summed E-state index contributed by atoms with van der Waals surface area (Å²) < 4.78 is 5.07. The molecule has 0 heterocycles. The maximum absolute atomic E-state index is 11.1. The van der Waals surface area contributed by atoms with Gasteiger partial charge in [0.15, 0.2) is 0 Å². The standard InChI is InChI=1S/C10H19ClO2/c1-10(2,3)8-13-9(12)6-4-5-7-11/h4-8H2,1-3H3. The molecule has 0 N–H and O–H groups in total. The van der Waals surface area contributed by atoms with Gasteiger partial charge in [-0.15, -0.1) is 11.6 Å². The van der Waals surface area contributed by atoms with Crippen LogP contribution < -0.4 is 0 Å². The quantitative estimate of drug-likeness (QED) is 0.393. The van der Waals surface area contributed by atoms with Crippen LogP contribution in [0.4, 0.5) is 0 Å². The number of halogens is 1. The lowest BCUT2D eigenvalue weighted by Crippen LogP contribution is -2.18. The van der Waals surface area contributed by atoms with E-state index < -0.39 is 0 Å². The van der Waals surface area contributed by atoms with Gasteiger partial charge in [-0.05, 0) is 18.3 Å². The van der Waals surface area contributed by atoms with E-state index in [0.29, 0.717) is 18.9 Å². The minimum atomic E-state index is -0.111. The van der Waals surface area contributed by atoms with E-state index in [9.17, 15) is 4.79 Å². The summed E-state index contributed by atoms with van der Waals surface area (Å²) in [7, 11) is 0. The van der Waals surface area contributed by atoms with Gasteiger partial charge in [0, 0.05) is 12.3 Å². The van der Waals surface area contributed by atoms with E-state index in [-0.39, 0.29) is 11.4 Å². The Hall–Kier alpha value is -0.240. The van der Waals surface area contributed by atoms with Crippen molar-refractivity contribution in [1.29, 1.82) is 0 Å². The molecule has 2 nitrogen and oxygen atoms in total. The number of rotatable bonds is 5. The number of unbranched alkanes of at least 4 members (excludes halogenated alkanes) is 1. The van der Waals surface area contributed by atoms with Crippen LogP contribution >= 0.6 is 11.6 Å². The molecule has 0 atom stereocenters. The molecule has 0 fully saturated rings. The van der Waals surface area contributed by atoms with Crippen molar-refractivity contribution in [2.24, 2.45) is 5.41 Å². The molecule has 0 bridgehead atoms. The van der Waals surface area contributed by atoms with Crippen LogP contribution in [0.5, 0.6) is 0 Å². The van der Waals surface area contributed by atoms with Crippen molar-refractivity contribution in [3.05, 3.63) is 0 Å². The van der Waals surface area contributed by atoms with E-state index in [1.807, 2.05) is 20.8 Å². The third kappa shape index (κ3) is 9.68. The summed E-state index contributed by atoms with van der Waals surface area (Å²) in [5.41, 5.74) is 0.0577. The zero-order valence-corrected chi connectivity index (χ0v) is 9.49. The van der Waals surface area contributed by atoms with Gasteiger partial charge >= 0.3 is 5.97 Å². The van der Waals surface area contributed by atoms with Crippen molar-refractivity contribution >= 4 is 17.6 Å². The van der Waals surface area contributed by atoms with Crippen LogP contribution in [0.25, 0.3) is 0 Å². The van der Waals surface area contributed by atoms with Crippen LogP contribution in [0.1, 0.15) is 40.0 Å². The van der Waals surface area contributed by atoms with Crippen LogP contribution in [-0.2, 0) is 9.53 Å². The van der Waals surface area contributed by atoms with Gasteiger partial charge in [-0.2, -0.15) is 0 Å². The molecule has 0 saturated carbocycles. The molecule has 0 rings (SSSR count). The van der Waals surface area contributed by atoms with E-state index in [1.54, 1.807) is 0 Å². The van der Waals surface area contributed by atoms with Crippen molar-refractivity contribution in [2.75, 3.05) is 12.5 Å². The highest BCUT2D eigenvalue weighted by Crippen LogP contribution is 2.13. The summed E-state index contributed by atoms with van der Waals surface area (Å²) in [5.74, 6) is 0.507. The Morgan fingerprint density at radius 3 is 2.38 bits per heavy atom. The van der Waals surface area contributed by atoms with Crippen LogP contribution in [0, 0.1) is 5.41 Å². The molecule has 0 radical (unpaired) electrons. The molecule has 3 heteroatoms. The summed E-state index contributed by atoms with van der Waals surface area (Å²) in [6.45, 7) is 6.61. The monoisotopic (exact) mass is 206 g/mol. The number of ether oxygens (including phenoxy) is 1. The lowest BCUT2D eigenvalue weighted by Gasteiger charge is -2.17. The Kier molecular flexibility index (Phi) is 6.13. The molecule has 0 aromatic carbocycles. The molecule has 0 unspecified atom stereocenters. The molecule has 0 aromatic heterocycles. The molecule has 0 saturated heterocycles. The van der Waals surface area contributed by atoms with Crippen LogP contribution in [0.15, 0.2) is 0 Å². The third-order valence-electron chi connectivity index (χ3n) is 1.43. The second-order valence-electron chi connectivity index (χ2n) is 4.37. The second kappa shape index (κ2) is 6.25. The van der Waals surface area contributed by atoms with Gasteiger partial charge in [0.2, 0.25) is 0 Å². The predicted octanol–water partition coefficient (Wildman–Crippen LogP) is 2.98. The Morgan fingerprint density at radius 1 is 1.31 bits per heavy atom. The third-order valence-corrected chi connectivity index (χ3v) is 1.70. The van der Waals surface area contributed by atoms with E-state index in [0.717, 1.165) is 12.8 Å². The molecule has 0 aliphatic heterocycles. The van der Waals surface area contributed by atoms with Gasteiger partial charge < -0.3 is 4.74 Å². The highest BCUT2D eigenvalue weighted by Gasteiger charge is 2.13. The smallest absolute Gasteiger partial charge is 0.305 e. The molecule has 0 aliphatic carbocycles. The zero-order valence-electron chi connectivity index (χ0n) is 8.73. The average molecular weight is 207 g/mol.